The van der Waals surface area contributed by atoms with Crippen LogP contribution in [0.5, 0.6) is 0 Å². The van der Waals surface area contributed by atoms with Gasteiger partial charge in [-0.3, -0.25) is 0 Å². The Labute approximate surface area is 86.7 Å². The van der Waals surface area contributed by atoms with Crippen LogP contribution in [0.4, 0.5) is 0 Å². The highest BCUT2D eigenvalue weighted by atomic mass is 31.1. The Hall–Kier alpha value is 0.430. The molecule has 0 aromatic rings. The predicted molar refractivity (Wildman–Crippen MR) is 66.2 cm³/mol. The zero-order chi connectivity index (χ0) is 10.1. The van der Waals surface area contributed by atoms with E-state index in [4.69, 9.17) is 0 Å². The van der Waals surface area contributed by atoms with E-state index in [9.17, 15) is 0 Å². The Kier molecular flexibility index (Phi) is 9.30. The topological polar surface area (TPSA) is 0 Å². The Morgan fingerprint density at radius 2 is 1.77 bits per heavy atom. The predicted octanol–water partition coefficient (Wildman–Crippen LogP) is 4.54. The zero-order valence-electron chi connectivity index (χ0n) is 9.90. The second-order valence-corrected chi connectivity index (χ2v) is 5.34. The summed E-state index contributed by atoms with van der Waals surface area (Å²) >= 11 is 0. The Morgan fingerprint density at radius 1 is 1.08 bits per heavy atom. The second-order valence-electron chi connectivity index (χ2n) is 4.23. The van der Waals surface area contributed by atoms with Crippen LogP contribution in [0.15, 0.2) is 0 Å². The highest BCUT2D eigenvalue weighted by molar-refractivity contribution is 7.36. The van der Waals surface area contributed by atoms with Crippen molar-refractivity contribution in [2.75, 3.05) is 12.8 Å². The van der Waals surface area contributed by atoms with E-state index in [1.165, 1.54) is 38.3 Å². The molecule has 0 fully saturated rings. The van der Waals surface area contributed by atoms with Gasteiger partial charge >= 0.3 is 0 Å². The molecule has 1 heteroatoms. The van der Waals surface area contributed by atoms with Gasteiger partial charge in [0.1, 0.15) is 0 Å². The quantitative estimate of drug-likeness (QED) is 0.507. The molecule has 0 spiro atoms. The third kappa shape index (κ3) is 6.49. The van der Waals surface area contributed by atoms with Gasteiger partial charge in [0, 0.05) is 0 Å². The smallest absolute Gasteiger partial charge is 0.0325 e. The molecule has 0 saturated carbocycles. The van der Waals surface area contributed by atoms with E-state index < -0.39 is 0 Å². The van der Waals surface area contributed by atoms with Gasteiger partial charge in [-0.1, -0.05) is 52.9 Å². The van der Waals surface area contributed by atoms with Crippen molar-refractivity contribution < 1.29 is 0 Å². The van der Waals surface area contributed by atoms with Crippen LogP contribution in [0.2, 0.25) is 0 Å². The fourth-order valence-electron chi connectivity index (χ4n) is 1.98. The molecule has 0 amide bonds. The van der Waals surface area contributed by atoms with Gasteiger partial charge in [-0.25, -0.2) is 0 Å². The molecule has 0 aromatic heterocycles. The van der Waals surface area contributed by atoms with E-state index in [1.54, 1.807) is 0 Å². The van der Waals surface area contributed by atoms with Crippen molar-refractivity contribution >= 4 is 8.58 Å². The monoisotopic (exact) mass is 202 g/mol. The largest absolute Gasteiger partial charge is 0.125 e. The molecule has 0 aliphatic rings. The first kappa shape index (κ1) is 13.4. The molecule has 0 aliphatic carbocycles. The minimum absolute atomic E-state index is 0.965. The highest BCUT2D eigenvalue weighted by Gasteiger charge is 2.14. The van der Waals surface area contributed by atoms with Crippen LogP contribution in [0.3, 0.4) is 0 Å². The fraction of sp³-hybridized carbons (Fsp3) is 1.00. The molecule has 13 heavy (non-hydrogen) atoms. The molecule has 0 N–H and O–H groups in total. The van der Waals surface area contributed by atoms with E-state index in [-0.39, 0.29) is 0 Å². The van der Waals surface area contributed by atoms with Crippen LogP contribution in [0.25, 0.3) is 0 Å². The molecule has 0 radical (unpaired) electrons. The van der Waals surface area contributed by atoms with Crippen LogP contribution in [-0.2, 0) is 0 Å². The summed E-state index contributed by atoms with van der Waals surface area (Å²) in [5, 5.41) is 0. The van der Waals surface area contributed by atoms with Gasteiger partial charge in [-0.2, -0.15) is 0 Å². The van der Waals surface area contributed by atoms with E-state index in [0.717, 1.165) is 20.4 Å². The van der Waals surface area contributed by atoms with Gasteiger partial charge in [0.15, 0.2) is 0 Å². The molecule has 0 rings (SSSR count). The van der Waals surface area contributed by atoms with Gasteiger partial charge in [0.05, 0.1) is 0 Å². The van der Waals surface area contributed by atoms with Crippen molar-refractivity contribution in [3.8, 4) is 0 Å². The van der Waals surface area contributed by atoms with Gasteiger partial charge in [0.2, 0.25) is 0 Å². The van der Waals surface area contributed by atoms with Gasteiger partial charge < -0.3 is 0 Å². The van der Waals surface area contributed by atoms with E-state index >= 15 is 0 Å². The molecule has 0 saturated heterocycles. The third-order valence-electron chi connectivity index (χ3n) is 2.94. The molecule has 0 aliphatic heterocycles. The molecule has 3 unspecified atom stereocenters. The van der Waals surface area contributed by atoms with Crippen LogP contribution in [0, 0.1) is 11.8 Å². The maximum Gasteiger partial charge on any atom is -0.0325 e. The summed E-state index contributed by atoms with van der Waals surface area (Å²) in [6, 6.07) is 0. The molecule has 80 valence electrons. The Balaban J connectivity index is 3.72. The molecule has 0 bridgehead atoms. The Morgan fingerprint density at radius 3 is 2.23 bits per heavy atom. The summed E-state index contributed by atoms with van der Waals surface area (Å²) in [6.07, 6.45) is 8.52. The van der Waals surface area contributed by atoms with Crippen molar-refractivity contribution in [3.63, 3.8) is 0 Å². The molecule has 0 nitrogen and oxygen atoms in total. The first-order chi connectivity index (χ1) is 6.26. The lowest BCUT2D eigenvalue weighted by Gasteiger charge is -2.22. The first-order valence-electron chi connectivity index (χ1n) is 5.90. The number of rotatable bonds is 8. The van der Waals surface area contributed by atoms with Crippen molar-refractivity contribution in [2.24, 2.45) is 11.8 Å². The minimum atomic E-state index is 0.965. The summed E-state index contributed by atoms with van der Waals surface area (Å²) in [4.78, 5) is 0. The van der Waals surface area contributed by atoms with Gasteiger partial charge in [-0.15, -0.1) is 8.58 Å². The fourth-order valence-corrected chi connectivity index (χ4v) is 3.11. The molecular formula is C12H27P. The number of unbranched alkanes of at least 4 members (excludes halogenated alkanes) is 1. The van der Waals surface area contributed by atoms with Gasteiger partial charge in [-0.05, 0) is 24.7 Å². The van der Waals surface area contributed by atoms with E-state index in [2.05, 4.69) is 27.4 Å². The van der Waals surface area contributed by atoms with Crippen LogP contribution in [-0.4, -0.2) is 12.8 Å². The lowest BCUT2D eigenvalue weighted by atomic mass is 9.88. The van der Waals surface area contributed by atoms with Crippen molar-refractivity contribution in [1.29, 1.82) is 0 Å². The average Bonchev–Trinajstić information content (AvgIpc) is 2.14. The highest BCUT2D eigenvalue weighted by Crippen LogP contribution is 2.27. The van der Waals surface area contributed by atoms with Gasteiger partial charge in [0.25, 0.3) is 0 Å². The maximum absolute atomic E-state index is 2.45. The standard InChI is InChI=1S/C12H27P/c1-5-7-9-11(3)12(8-6-2)10-13-4/h11-13H,5-10H2,1-4H3. The van der Waals surface area contributed by atoms with E-state index in [1.807, 2.05) is 0 Å². The summed E-state index contributed by atoms with van der Waals surface area (Å²) in [7, 11) is 1.15. The second kappa shape index (κ2) is 9.00. The number of hydrogen-bond acceptors (Lipinski definition) is 0. The normalized spacial score (nSPS) is 16.6. The van der Waals surface area contributed by atoms with Crippen molar-refractivity contribution in [3.05, 3.63) is 0 Å². The molecule has 0 aromatic carbocycles. The average molecular weight is 202 g/mol. The van der Waals surface area contributed by atoms with Crippen LogP contribution >= 0.6 is 8.58 Å². The third-order valence-corrected chi connectivity index (χ3v) is 3.88. The van der Waals surface area contributed by atoms with Crippen molar-refractivity contribution in [2.45, 2.75) is 52.9 Å². The zero-order valence-corrected chi connectivity index (χ0v) is 10.9. The lowest BCUT2D eigenvalue weighted by molar-refractivity contribution is 0.338. The summed E-state index contributed by atoms with van der Waals surface area (Å²) in [5.74, 6) is 1.98. The van der Waals surface area contributed by atoms with Crippen LogP contribution < -0.4 is 0 Å². The lowest BCUT2D eigenvalue weighted by Crippen LogP contribution is -2.13. The number of hydrogen-bond donors (Lipinski definition) is 0. The van der Waals surface area contributed by atoms with E-state index in [0.29, 0.717) is 0 Å². The minimum Gasteiger partial charge on any atom is -0.125 e. The molecule has 3 atom stereocenters. The summed E-state index contributed by atoms with van der Waals surface area (Å²) in [5.41, 5.74) is 0. The molecule has 0 heterocycles. The summed E-state index contributed by atoms with van der Waals surface area (Å²) in [6.45, 7) is 9.41. The van der Waals surface area contributed by atoms with Crippen molar-refractivity contribution in [1.82, 2.24) is 0 Å². The SMILES string of the molecule is CCCCC(C)C(CCC)CPC. The van der Waals surface area contributed by atoms with Crippen LogP contribution in [0.1, 0.15) is 52.9 Å². The summed E-state index contributed by atoms with van der Waals surface area (Å²) < 4.78 is 0. The Bertz CT molecular complexity index is 95.3. The first-order valence-corrected chi connectivity index (χ1v) is 7.61. The maximum atomic E-state index is 2.45. The molecular weight excluding hydrogens is 175 g/mol.